The third kappa shape index (κ3) is 3.17. The van der Waals surface area contributed by atoms with E-state index in [-0.39, 0.29) is 17.0 Å². The minimum atomic E-state index is -4.26. The molecule has 0 aliphatic carbocycles. The van der Waals surface area contributed by atoms with Crippen LogP contribution in [0, 0.1) is 17.5 Å². The Morgan fingerprint density at radius 3 is 2.19 bits per heavy atom. The van der Waals surface area contributed by atoms with Gasteiger partial charge in [0.25, 0.3) is 10.0 Å². The van der Waals surface area contributed by atoms with E-state index < -0.39 is 33.2 Å². The van der Waals surface area contributed by atoms with E-state index in [0.717, 1.165) is 36.4 Å². The molecule has 112 valence electrons. The Labute approximate surface area is 119 Å². The fourth-order valence-electron chi connectivity index (χ4n) is 1.66. The normalized spacial score (nSPS) is 11.4. The average Bonchev–Trinajstić information content (AvgIpc) is 2.43. The molecule has 3 N–H and O–H groups in total. The summed E-state index contributed by atoms with van der Waals surface area (Å²) in [4.78, 5) is -0.341. The van der Waals surface area contributed by atoms with Gasteiger partial charge < -0.3 is 5.73 Å². The highest BCUT2D eigenvalue weighted by Gasteiger charge is 2.20. The number of para-hydroxylation sites is 1. The van der Waals surface area contributed by atoms with Crippen molar-refractivity contribution in [3.05, 3.63) is 59.4 Å². The lowest BCUT2D eigenvalue weighted by Gasteiger charge is -2.11. The highest BCUT2D eigenvalue weighted by Crippen LogP contribution is 2.23. The maximum Gasteiger partial charge on any atom is 0.262 e. The van der Waals surface area contributed by atoms with Gasteiger partial charge in [-0.1, -0.05) is 6.07 Å². The molecule has 0 amide bonds. The molecule has 8 heteroatoms. The van der Waals surface area contributed by atoms with Crippen molar-refractivity contribution in [3.63, 3.8) is 0 Å². The summed E-state index contributed by atoms with van der Waals surface area (Å²) in [5.74, 6) is -2.77. The van der Waals surface area contributed by atoms with E-state index in [1.54, 1.807) is 4.72 Å². The molecule has 0 radical (unpaired) electrons. The standard InChI is InChI=1S/C13H11F3N2O2S/c14-10-5-4-9(6-8(10)7-17)21(19,20)18-13-11(15)2-1-3-12(13)16/h1-6,18H,7,17H2. The van der Waals surface area contributed by atoms with Gasteiger partial charge in [0.1, 0.15) is 23.1 Å². The van der Waals surface area contributed by atoms with Crippen LogP contribution in [0.4, 0.5) is 18.9 Å². The first-order chi connectivity index (χ1) is 9.85. The van der Waals surface area contributed by atoms with Crippen LogP contribution in [0.1, 0.15) is 5.56 Å². The third-order valence-electron chi connectivity index (χ3n) is 2.75. The Morgan fingerprint density at radius 2 is 1.62 bits per heavy atom. The zero-order chi connectivity index (χ0) is 15.6. The Morgan fingerprint density at radius 1 is 1.00 bits per heavy atom. The van der Waals surface area contributed by atoms with Gasteiger partial charge in [-0.05, 0) is 30.3 Å². The second-order valence-corrected chi connectivity index (χ2v) is 5.84. The lowest BCUT2D eigenvalue weighted by atomic mass is 10.2. The molecule has 0 saturated heterocycles. The number of benzene rings is 2. The molecule has 2 aromatic carbocycles. The van der Waals surface area contributed by atoms with Gasteiger partial charge in [0.2, 0.25) is 0 Å². The van der Waals surface area contributed by atoms with Crippen molar-refractivity contribution in [1.29, 1.82) is 0 Å². The molecule has 0 atom stereocenters. The zero-order valence-electron chi connectivity index (χ0n) is 10.6. The number of nitrogens with one attached hydrogen (secondary N) is 1. The van der Waals surface area contributed by atoms with E-state index in [0.29, 0.717) is 0 Å². The van der Waals surface area contributed by atoms with Crippen LogP contribution in [-0.4, -0.2) is 8.42 Å². The highest BCUT2D eigenvalue weighted by atomic mass is 32.2. The summed E-state index contributed by atoms with van der Waals surface area (Å²) in [5, 5.41) is 0. The third-order valence-corrected chi connectivity index (χ3v) is 4.09. The van der Waals surface area contributed by atoms with Crippen LogP contribution in [-0.2, 0) is 16.6 Å². The van der Waals surface area contributed by atoms with Crippen molar-refractivity contribution >= 4 is 15.7 Å². The largest absolute Gasteiger partial charge is 0.326 e. The summed E-state index contributed by atoms with van der Waals surface area (Å²) < 4.78 is 66.2. The quantitative estimate of drug-likeness (QED) is 0.909. The van der Waals surface area contributed by atoms with Crippen LogP contribution in [0.25, 0.3) is 0 Å². The molecule has 0 fully saturated rings. The van der Waals surface area contributed by atoms with Crippen LogP contribution in [0.3, 0.4) is 0 Å². The fourth-order valence-corrected chi connectivity index (χ4v) is 2.79. The van der Waals surface area contributed by atoms with Gasteiger partial charge in [0, 0.05) is 12.1 Å². The van der Waals surface area contributed by atoms with Gasteiger partial charge in [-0.25, -0.2) is 21.6 Å². The number of sulfonamides is 1. The molecule has 0 unspecified atom stereocenters. The average molecular weight is 316 g/mol. The molecule has 0 aliphatic rings. The Bertz CT molecular complexity index is 759. The topological polar surface area (TPSA) is 72.2 Å². The first-order valence-corrected chi connectivity index (χ1v) is 7.29. The molecule has 2 aromatic rings. The van der Waals surface area contributed by atoms with E-state index in [1.165, 1.54) is 0 Å². The first kappa shape index (κ1) is 15.3. The summed E-state index contributed by atoms with van der Waals surface area (Å²) in [6.45, 7) is -0.205. The SMILES string of the molecule is NCc1cc(S(=O)(=O)Nc2c(F)cccc2F)ccc1F. The summed E-state index contributed by atoms with van der Waals surface area (Å²) in [6.07, 6.45) is 0. The monoisotopic (exact) mass is 316 g/mol. The van der Waals surface area contributed by atoms with Crippen LogP contribution >= 0.6 is 0 Å². The maximum absolute atomic E-state index is 13.5. The summed E-state index contributed by atoms with van der Waals surface area (Å²) in [6, 6.07) is 5.85. The molecule has 2 rings (SSSR count). The Hall–Kier alpha value is -2.06. The van der Waals surface area contributed by atoms with E-state index in [4.69, 9.17) is 5.73 Å². The smallest absolute Gasteiger partial charge is 0.262 e. The number of rotatable bonds is 4. The summed E-state index contributed by atoms with van der Waals surface area (Å²) >= 11 is 0. The molecule has 21 heavy (non-hydrogen) atoms. The lowest BCUT2D eigenvalue weighted by Crippen LogP contribution is -2.16. The van der Waals surface area contributed by atoms with Gasteiger partial charge in [0.15, 0.2) is 0 Å². The van der Waals surface area contributed by atoms with Crippen LogP contribution < -0.4 is 10.5 Å². The van der Waals surface area contributed by atoms with E-state index in [2.05, 4.69) is 0 Å². The molecule has 0 spiro atoms. The zero-order valence-corrected chi connectivity index (χ0v) is 11.4. The predicted octanol–water partition coefficient (Wildman–Crippen LogP) is 2.36. The summed E-state index contributed by atoms with van der Waals surface area (Å²) in [7, 11) is -4.26. The number of hydrogen-bond donors (Lipinski definition) is 2. The molecular formula is C13H11F3N2O2S. The van der Waals surface area contributed by atoms with Gasteiger partial charge in [-0.2, -0.15) is 0 Å². The Balaban J connectivity index is 2.44. The second kappa shape index (κ2) is 5.74. The van der Waals surface area contributed by atoms with E-state index >= 15 is 0 Å². The lowest BCUT2D eigenvalue weighted by molar-refractivity contribution is 0.582. The number of nitrogens with two attached hydrogens (primary N) is 1. The maximum atomic E-state index is 13.5. The summed E-state index contributed by atoms with van der Waals surface area (Å²) in [5.41, 5.74) is 4.47. The molecule has 0 bridgehead atoms. The van der Waals surface area contributed by atoms with Crippen LogP contribution in [0.2, 0.25) is 0 Å². The predicted molar refractivity (Wildman–Crippen MR) is 71.5 cm³/mol. The second-order valence-electron chi connectivity index (χ2n) is 4.16. The van der Waals surface area contributed by atoms with Crippen molar-refractivity contribution in [2.24, 2.45) is 5.73 Å². The molecule has 0 saturated carbocycles. The molecule has 0 aliphatic heterocycles. The van der Waals surface area contributed by atoms with Crippen LogP contribution in [0.15, 0.2) is 41.3 Å². The highest BCUT2D eigenvalue weighted by molar-refractivity contribution is 7.92. The van der Waals surface area contributed by atoms with Gasteiger partial charge in [-0.3, -0.25) is 4.72 Å². The molecular weight excluding hydrogens is 305 g/mol. The minimum Gasteiger partial charge on any atom is -0.326 e. The Kier molecular flexibility index (Phi) is 4.19. The number of halogens is 3. The van der Waals surface area contributed by atoms with Crippen molar-refractivity contribution in [3.8, 4) is 0 Å². The van der Waals surface area contributed by atoms with Gasteiger partial charge in [-0.15, -0.1) is 0 Å². The minimum absolute atomic E-state index is 0.0214. The molecule has 4 nitrogen and oxygen atoms in total. The van der Waals surface area contributed by atoms with E-state index in [9.17, 15) is 21.6 Å². The van der Waals surface area contributed by atoms with Crippen molar-refractivity contribution < 1.29 is 21.6 Å². The number of anilines is 1. The van der Waals surface area contributed by atoms with E-state index in [1.807, 2.05) is 0 Å². The van der Waals surface area contributed by atoms with Crippen molar-refractivity contribution in [2.75, 3.05) is 4.72 Å². The molecule has 0 heterocycles. The first-order valence-electron chi connectivity index (χ1n) is 5.80. The van der Waals surface area contributed by atoms with Gasteiger partial charge >= 0.3 is 0 Å². The molecule has 0 aromatic heterocycles. The fraction of sp³-hybridized carbons (Fsp3) is 0.0769. The van der Waals surface area contributed by atoms with Crippen LogP contribution in [0.5, 0.6) is 0 Å². The van der Waals surface area contributed by atoms with Crippen molar-refractivity contribution in [1.82, 2.24) is 0 Å². The van der Waals surface area contributed by atoms with Crippen molar-refractivity contribution in [2.45, 2.75) is 11.4 Å². The van der Waals surface area contributed by atoms with Gasteiger partial charge in [0.05, 0.1) is 4.90 Å². The number of hydrogen-bond acceptors (Lipinski definition) is 3.